The van der Waals surface area contributed by atoms with Crippen molar-refractivity contribution in [2.24, 2.45) is 5.92 Å². The Balaban J connectivity index is 1.55. The van der Waals surface area contributed by atoms with Crippen LogP contribution in [0.3, 0.4) is 0 Å². The first-order valence-corrected chi connectivity index (χ1v) is 7.85. The summed E-state index contributed by atoms with van der Waals surface area (Å²) < 4.78 is 0. The van der Waals surface area contributed by atoms with Crippen molar-refractivity contribution in [1.29, 1.82) is 0 Å². The summed E-state index contributed by atoms with van der Waals surface area (Å²) in [5.41, 5.74) is 2.35. The molecule has 1 amide bonds. The minimum absolute atomic E-state index is 0.260. The van der Waals surface area contributed by atoms with Gasteiger partial charge in [0.2, 0.25) is 5.91 Å². The molecule has 0 radical (unpaired) electrons. The van der Waals surface area contributed by atoms with Crippen LogP contribution in [-0.2, 0) is 11.3 Å². The van der Waals surface area contributed by atoms with E-state index in [1.54, 1.807) is 0 Å². The van der Waals surface area contributed by atoms with Crippen LogP contribution < -0.4 is 10.2 Å². The molecule has 108 valence electrons. The van der Waals surface area contributed by atoms with Gasteiger partial charge < -0.3 is 10.2 Å². The van der Waals surface area contributed by atoms with E-state index >= 15 is 0 Å². The molecule has 1 saturated heterocycles. The summed E-state index contributed by atoms with van der Waals surface area (Å²) in [5, 5.41) is 3.65. The fourth-order valence-electron chi connectivity index (χ4n) is 3.37. The van der Waals surface area contributed by atoms with Crippen LogP contribution in [0.5, 0.6) is 0 Å². The Kier molecular flexibility index (Phi) is 4.06. The lowest BCUT2D eigenvalue weighted by Gasteiger charge is -2.17. The SMILES string of the molecule is CC1CCC(NCc2ccc(N3CCCC3=O)cc2)C1. The number of nitrogens with zero attached hydrogens (tertiary/aromatic N) is 1. The maximum atomic E-state index is 11.7. The Labute approximate surface area is 121 Å². The quantitative estimate of drug-likeness (QED) is 0.913. The molecule has 1 aromatic rings. The van der Waals surface area contributed by atoms with Crippen LogP contribution in [0.15, 0.2) is 24.3 Å². The third kappa shape index (κ3) is 3.04. The fraction of sp³-hybridized carbons (Fsp3) is 0.588. The number of carbonyl (C=O) groups is 1. The minimum atomic E-state index is 0.260. The molecule has 3 rings (SSSR count). The molecule has 3 heteroatoms. The van der Waals surface area contributed by atoms with Crippen LogP contribution in [0.25, 0.3) is 0 Å². The molecule has 1 aromatic carbocycles. The van der Waals surface area contributed by atoms with Gasteiger partial charge in [-0.3, -0.25) is 4.79 Å². The Hall–Kier alpha value is -1.35. The van der Waals surface area contributed by atoms with E-state index in [4.69, 9.17) is 0 Å². The predicted octanol–water partition coefficient (Wildman–Crippen LogP) is 3.09. The molecule has 20 heavy (non-hydrogen) atoms. The molecular weight excluding hydrogens is 248 g/mol. The number of hydrogen-bond acceptors (Lipinski definition) is 2. The highest BCUT2D eigenvalue weighted by atomic mass is 16.2. The van der Waals surface area contributed by atoms with E-state index in [2.05, 4.69) is 36.5 Å². The maximum absolute atomic E-state index is 11.7. The average molecular weight is 272 g/mol. The van der Waals surface area contributed by atoms with Crippen molar-refractivity contribution in [3.05, 3.63) is 29.8 Å². The second-order valence-corrected chi connectivity index (χ2v) is 6.31. The van der Waals surface area contributed by atoms with Crippen molar-refractivity contribution in [2.75, 3.05) is 11.4 Å². The molecular formula is C17H24N2O. The molecule has 0 aromatic heterocycles. The van der Waals surface area contributed by atoms with Crippen LogP contribution in [0.1, 0.15) is 44.6 Å². The summed E-state index contributed by atoms with van der Waals surface area (Å²) in [4.78, 5) is 13.6. The first-order valence-electron chi connectivity index (χ1n) is 7.85. The summed E-state index contributed by atoms with van der Waals surface area (Å²) in [5.74, 6) is 1.13. The highest BCUT2D eigenvalue weighted by molar-refractivity contribution is 5.95. The van der Waals surface area contributed by atoms with E-state index in [0.29, 0.717) is 12.5 Å². The lowest BCUT2D eigenvalue weighted by atomic mass is 10.1. The van der Waals surface area contributed by atoms with Gasteiger partial charge in [0, 0.05) is 31.2 Å². The number of hydrogen-bond donors (Lipinski definition) is 1. The first kappa shape index (κ1) is 13.6. The van der Waals surface area contributed by atoms with Gasteiger partial charge >= 0.3 is 0 Å². The Morgan fingerprint density at radius 3 is 2.65 bits per heavy atom. The third-order valence-corrected chi connectivity index (χ3v) is 4.61. The van der Waals surface area contributed by atoms with Gasteiger partial charge in [0.05, 0.1) is 0 Å². The number of anilines is 1. The second kappa shape index (κ2) is 5.96. The molecule has 0 bridgehead atoms. The van der Waals surface area contributed by atoms with Crippen LogP contribution in [0.2, 0.25) is 0 Å². The summed E-state index contributed by atoms with van der Waals surface area (Å²) in [6.07, 6.45) is 5.65. The van der Waals surface area contributed by atoms with E-state index in [0.717, 1.165) is 31.1 Å². The van der Waals surface area contributed by atoms with Gasteiger partial charge in [0.25, 0.3) is 0 Å². The smallest absolute Gasteiger partial charge is 0.227 e. The van der Waals surface area contributed by atoms with E-state index in [9.17, 15) is 4.79 Å². The standard InChI is InChI=1S/C17H24N2O/c1-13-4-7-15(11-13)18-12-14-5-8-16(9-6-14)19-10-2-3-17(19)20/h5-6,8-9,13,15,18H,2-4,7,10-12H2,1H3. The number of rotatable bonds is 4. The zero-order valence-corrected chi connectivity index (χ0v) is 12.3. The van der Waals surface area contributed by atoms with Crippen molar-refractivity contribution < 1.29 is 4.79 Å². The Morgan fingerprint density at radius 1 is 1.25 bits per heavy atom. The van der Waals surface area contributed by atoms with E-state index < -0.39 is 0 Å². The van der Waals surface area contributed by atoms with Crippen molar-refractivity contribution in [1.82, 2.24) is 5.32 Å². The van der Waals surface area contributed by atoms with Gasteiger partial charge in [0.1, 0.15) is 0 Å². The van der Waals surface area contributed by atoms with Gasteiger partial charge in [-0.05, 0) is 49.3 Å². The monoisotopic (exact) mass is 272 g/mol. The predicted molar refractivity (Wildman–Crippen MR) is 81.7 cm³/mol. The number of carbonyl (C=O) groups excluding carboxylic acids is 1. The van der Waals surface area contributed by atoms with E-state index in [1.165, 1.54) is 24.8 Å². The molecule has 1 heterocycles. The van der Waals surface area contributed by atoms with Gasteiger partial charge in [-0.25, -0.2) is 0 Å². The minimum Gasteiger partial charge on any atom is -0.312 e. The Bertz CT molecular complexity index is 468. The molecule has 1 aliphatic heterocycles. The lowest BCUT2D eigenvalue weighted by Crippen LogP contribution is -2.26. The molecule has 3 nitrogen and oxygen atoms in total. The van der Waals surface area contributed by atoms with Crippen molar-refractivity contribution in [2.45, 2.75) is 51.6 Å². The van der Waals surface area contributed by atoms with Crippen LogP contribution >= 0.6 is 0 Å². The van der Waals surface area contributed by atoms with E-state index in [1.807, 2.05) is 4.90 Å². The summed E-state index contributed by atoms with van der Waals surface area (Å²) in [7, 11) is 0. The van der Waals surface area contributed by atoms with Gasteiger partial charge in [-0.1, -0.05) is 19.1 Å². The summed E-state index contributed by atoms with van der Waals surface area (Å²) in [6, 6.07) is 9.14. The molecule has 2 fully saturated rings. The largest absolute Gasteiger partial charge is 0.312 e. The number of benzene rings is 1. The van der Waals surface area contributed by atoms with Crippen molar-refractivity contribution in [3.8, 4) is 0 Å². The third-order valence-electron chi connectivity index (χ3n) is 4.61. The topological polar surface area (TPSA) is 32.3 Å². The molecule has 1 saturated carbocycles. The summed E-state index contributed by atoms with van der Waals surface area (Å²) in [6.45, 7) is 4.14. The molecule has 2 unspecified atom stereocenters. The summed E-state index contributed by atoms with van der Waals surface area (Å²) >= 11 is 0. The van der Waals surface area contributed by atoms with Gasteiger partial charge in [-0.2, -0.15) is 0 Å². The van der Waals surface area contributed by atoms with Crippen LogP contribution in [0.4, 0.5) is 5.69 Å². The van der Waals surface area contributed by atoms with Crippen molar-refractivity contribution >= 4 is 11.6 Å². The zero-order valence-electron chi connectivity index (χ0n) is 12.3. The van der Waals surface area contributed by atoms with Crippen LogP contribution in [-0.4, -0.2) is 18.5 Å². The maximum Gasteiger partial charge on any atom is 0.227 e. The lowest BCUT2D eigenvalue weighted by molar-refractivity contribution is -0.117. The fourth-order valence-corrected chi connectivity index (χ4v) is 3.37. The molecule has 1 N–H and O–H groups in total. The zero-order chi connectivity index (χ0) is 13.9. The van der Waals surface area contributed by atoms with Crippen LogP contribution in [0, 0.1) is 5.92 Å². The highest BCUT2D eigenvalue weighted by Crippen LogP contribution is 2.25. The molecule has 2 atom stereocenters. The Morgan fingerprint density at radius 2 is 2.05 bits per heavy atom. The number of nitrogens with one attached hydrogen (secondary N) is 1. The first-order chi connectivity index (χ1) is 9.72. The molecule has 2 aliphatic rings. The molecule has 1 aliphatic carbocycles. The molecule has 0 spiro atoms. The normalized spacial score (nSPS) is 26.4. The second-order valence-electron chi connectivity index (χ2n) is 6.31. The van der Waals surface area contributed by atoms with E-state index in [-0.39, 0.29) is 5.91 Å². The highest BCUT2D eigenvalue weighted by Gasteiger charge is 2.22. The van der Waals surface area contributed by atoms with Gasteiger partial charge in [0.15, 0.2) is 0 Å². The number of amides is 1. The van der Waals surface area contributed by atoms with Gasteiger partial charge in [-0.15, -0.1) is 0 Å². The van der Waals surface area contributed by atoms with Crippen molar-refractivity contribution in [3.63, 3.8) is 0 Å². The average Bonchev–Trinajstić information content (AvgIpc) is 3.06.